The number of urea groups is 1. The van der Waals surface area contributed by atoms with Crippen LogP contribution in [0.4, 0.5) is 10.5 Å². The predicted molar refractivity (Wildman–Crippen MR) is 164 cm³/mol. The fourth-order valence-corrected chi connectivity index (χ4v) is 7.16. The number of rotatable bonds is 5. The van der Waals surface area contributed by atoms with Crippen LogP contribution >= 0.6 is 0 Å². The number of hydrogen-bond acceptors (Lipinski definition) is 6. The van der Waals surface area contributed by atoms with Crippen molar-refractivity contribution in [2.45, 2.75) is 24.9 Å². The van der Waals surface area contributed by atoms with Gasteiger partial charge in [0.25, 0.3) is 0 Å². The number of anilines is 1. The first-order chi connectivity index (χ1) is 20.9. The Kier molecular flexibility index (Phi) is 6.92. The summed E-state index contributed by atoms with van der Waals surface area (Å²) < 4.78 is 32.8. The van der Waals surface area contributed by atoms with Gasteiger partial charge in [0.2, 0.25) is 10.0 Å². The smallest absolute Gasteiger partial charge is 0.322 e. The van der Waals surface area contributed by atoms with Gasteiger partial charge < -0.3 is 19.9 Å². The number of benzene rings is 3. The van der Waals surface area contributed by atoms with Gasteiger partial charge in [0.15, 0.2) is 0 Å². The highest BCUT2D eigenvalue weighted by Gasteiger charge is 2.27. The number of H-pyrrole nitrogens is 1. The molecule has 2 N–H and O–H groups in total. The highest BCUT2D eigenvalue weighted by Crippen LogP contribution is 2.34. The van der Waals surface area contributed by atoms with Crippen molar-refractivity contribution in [3.8, 4) is 22.5 Å². The zero-order valence-electron chi connectivity index (χ0n) is 23.6. The van der Waals surface area contributed by atoms with Crippen LogP contribution in [0.2, 0.25) is 0 Å². The van der Waals surface area contributed by atoms with Crippen molar-refractivity contribution in [3.05, 3.63) is 95.8 Å². The molecule has 43 heavy (non-hydrogen) atoms. The summed E-state index contributed by atoms with van der Waals surface area (Å²) in [6.07, 6.45) is 1.52. The molecule has 0 radical (unpaired) electrons. The van der Waals surface area contributed by atoms with Gasteiger partial charge in [-0.25, -0.2) is 23.2 Å². The molecule has 1 fully saturated rings. The lowest BCUT2D eigenvalue weighted by atomic mass is 10.0. The first-order valence-electron chi connectivity index (χ1n) is 14.1. The number of carbonyl (C=O) groups is 1. The fourth-order valence-electron chi connectivity index (χ4n) is 5.75. The van der Waals surface area contributed by atoms with Crippen molar-refractivity contribution >= 4 is 32.8 Å². The Balaban J connectivity index is 1.15. The van der Waals surface area contributed by atoms with Gasteiger partial charge in [0.05, 0.1) is 23.8 Å². The van der Waals surface area contributed by atoms with Crippen LogP contribution in [0, 0.1) is 6.92 Å². The monoisotopic (exact) mass is 594 g/mol. The molecule has 0 spiro atoms. The SMILES string of the molecule is Cc1c(NC(=O)N2Cc3ccccc3C2)cccc1-c1ncnc2[nH]c(-c3ccc(S(=O)(=O)N4CCOCC4)cc3)cc12. The molecule has 4 heterocycles. The number of amides is 2. The number of morpholine rings is 1. The minimum absolute atomic E-state index is 0.146. The number of hydrogen-bond donors (Lipinski definition) is 2. The quantitative estimate of drug-likeness (QED) is 0.290. The standard InChI is InChI=1S/C32H30N6O4S/c1-21-26(7-4-8-28(21)36-32(39)37-18-23-5-2-3-6-24(23)19-37)30-27-17-29(35-31(27)34-20-33-30)22-9-11-25(12-10-22)43(40,41)38-13-15-42-16-14-38/h2-12,17,20H,13-16,18-19H2,1H3,(H,36,39)(H,33,34,35). The molecular weight excluding hydrogens is 564 g/mol. The van der Waals surface area contributed by atoms with Crippen LogP contribution in [0.1, 0.15) is 16.7 Å². The van der Waals surface area contributed by atoms with Crippen LogP contribution in [-0.4, -0.2) is 64.9 Å². The van der Waals surface area contributed by atoms with Crippen LogP contribution in [0.3, 0.4) is 0 Å². The zero-order chi connectivity index (χ0) is 29.6. The molecule has 218 valence electrons. The van der Waals surface area contributed by atoms with Gasteiger partial charge in [-0.1, -0.05) is 48.5 Å². The molecule has 0 unspecified atom stereocenters. The number of nitrogens with zero attached hydrogens (tertiary/aromatic N) is 4. The Morgan fingerprint density at radius 2 is 1.65 bits per heavy atom. The lowest BCUT2D eigenvalue weighted by Crippen LogP contribution is -2.40. The Labute approximate surface area is 249 Å². The van der Waals surface area contributed by atoms with Crippen LogP contribution in [-0.2, 0) is 27.8 Å². The molecule has 10 nitrogen and oxygen atoms in total. The summed E-state index contributed by atoms with van der Waals surface area (Å²) in [4.78, 5) is 27.6. The third-order valence-electron chi connectivity index (χ3n) is 8.16. The number of ether oxygens (including phenoxy) is 1. The lowest BCUT2D eigenvalue weighted by molar-refractivity contribution is 0.0730. The van der Waals surface area contributed by atoms with Crippen molar-refractivity contribution in [1.82, 2.24) is 24.2 Å². The average Bonchev–Trinajstić information content (AvgIpc) is 3.68. The van der Waals surface area contributed by atoms with E-state index < -0.39 is 10.0 Å². The van der Waals surface area contributed by atoms with Gasteiger partial charge in [-0.15, -0.1) is 0 Å². The molecule has 11 heteroatoms. The van der Waals surface area contributed by atoms with Gasteiger partial charge in [-0.05, 0) is 53.4 Å². The first kappa shape index (κ1) is 27.3. The zero-order valence-corrected chi connectivity index (χ0v) is 24.4. The molecular formula is C32H30N6O4S. The molecule has 0 aliphatic carbocycles. The number of carbonyl (C=O) groups excluding carboxylic acids is 1. The third kappa shape index (κ3) is 5.05. The molecule has 7 rings (SSSR count). The summed E-state index contributed by atoms with van der Waals surface area (Å²) in [5, 5.41) is 3.92. The second-order valence-corrected chi connectivity index (χ2v) is 12.7. The minimum Gasteiger partial charge on any atom is -0.379 e. The summed E-state index contributed by atoms with van der Waals surface area (Å²) in [7, 11) is -3.58. The van der Waals surface area contributed by atoms with Crippen molar-refractivity contribution in [2.24, 2.45) is 0 Å². The lowest BCUT2D eigenvalue weighted by Gasteiger charge is -2.26. The molecule has 5 aromatic rings. The molecule has 0 saturated carbocycles. The van der Waals surface area contributed by atoms with Gasteiger partial charge in [0.1, 0.15) is 12.0 Å². The average molecular weight is 595 g/mol. The predicted octanol–water partition coefficient (Wildman–Crippen LogP) is 5.17. The van der Waals surface area contributed by atoms with Gasteiger partial charge in [0, 0.05) is 48.5 Å². The van der Waals surface area contributed by atoms with Crippen LogP contribution in [0.15, 0.2) is 84.0 Å². The highest BCUT2D eigenvalue weighted by atomic mass is 32.2. The number of aromatic amines is 1. The van der Waals surface area contributed by atoms with E-state index in [1.807, 2.05) is 43.3 Å². The van der Waals surface area contributed by atoms with E-state index in [0.29, 0.717) is 45.0 Å². The van der Waals surface area contributed by atoms with E-state index in [1.54, 1.807) is 29.2 Å². The third-order valence-corrected chi connectivity index (χ3v) is 10.1. The van der Waals surface area contributed by atoms with Crippen molar-refractivity contribution < 1.29 is 17.9 Å². The van der Waals surface area contributed by atoms with E-state index >= 15 is 0 Å². The van der Waals surface area contributed by atoms with Crippen molar-refractivity contribution in [1.29, 1.82) is 0 Å². The molecule has 0 bridgehead atoms. The Morgan fingerprint density at radius 1 is 0.930 bits per heavy atom. The summed E-state index contributed by atoms with van der Waals surface area (Å²) in [6.45, 7) is 4.64. The molecule has 3 aromatic carbocycles. The maximum Gasteiger partial charge on any atom is 0.322 e. The summed E-state index contributed by atoms with van der Waals surface area (Å²) in [5.74, 6) is 0. The highest BCUT2D eigenvalue weighted by molar-refractivity contribution is 7.89. The summed E-state index contributed by atoms with van der Waals surface area (Å²) >= 11 is 0. The largest absolute Gasteiger partial charge is 0.379 e. The Bertz CT molecular complexity index is 1920. The normalized spacial score (nSPS) is 15.5. The van der Waals surface area contributed by atoms with E-state index in [-0.39, 0.29) is 10.9 Å². The van der Waals surface area contributed by atoms with Gasteiger partial charge in [-0.3, -0.25) is 0 Å². The van der Waals surface area contributed by atoms with Gasteiger partial charge >= 0.3 is 6.03 Å². The Hall–Kier alpha value is -4.58. The van der Waals surface area contributed by atoms with E-state index in [1.165, 1.54) is 21.8 Å². The van der Waals surface area contributed by atoms with Crippen molar-refractivity contribution in [3.63, 3.8) is 0 Å². The number of sulfonamides is 1. The van der Waals surface area contributed by atoms with E-state index in [9.17, 15) is 13.2 Å². The summed E-state index contributed by atoms with van der Waals surface area (Å²) in [5.41, 5.74) is 7.86. The maximum atomic E-state index is 13.2. The van der Waals surface area contributed by atoms with E-state index in [0.717, 1.165) is 39.2 Å². The molecule has 2 amide bonds. The number of nitrogens with one attached hydrogen (secondary N) is 2. The minimum atomic E-state index is -3.58. The Morgan fingerprint density at radius 3 is 2.37 bits per heavy atom. The molecule has 1 saturated heterocycles. The van der Waals surface area contributed by atoms with Crippen LogP contribution in [0.25, 0.3) is 33.5 Å². The van der Waals surface area contributed by atoms with Crippen molar-refractivity contribution in [2.75, 3.05) is 31.6 Å². The molecule has 2 aromatic heterocycles. The first-order valence-corrected chi connectivity index (χ1v) is 15.6. The molecule has 0 atom stereocenters. The summed E-state index contributed by atoms with van der Waals surface area (Å²) in [6, 6.07) is 22.6. The topological polar surface area (TPSA) is 121 Å². The maximum absolute atomic E-state index is 13.2. The number of fused-ring (bicyclic) bond motifs is 2. The van der Waals surface area contributed by atoms with E-state index in [2.05, 4.69) is 32.4 Å². The van der Waals surface area contributed by atoms with Crippen LogP contribution in [0.5, 0.6) is 0 Å². The fraction of sp³-hybridized carbons (Fsp3) is 0.219. The molecule has 2 aliphatic rings. The second kappa shape index (κ2) is 10.9. The number of aromatic nitrogens is 3. The molecule has 2 aliphatic heterocycles. The van der Waals surface area contributed by atoms with Gasteiger partial charge in [-0.2, -0.15) is 4.31 Å². The second-order valence-electron chi connectivity index (χ2n) is 10.7. The van der Waals surface area contributed by atoms with Crippen LogP contribution < -0.4 is 5.32 Å². The van der Waals surface area contributed by atoms with E-state index in [4.69, 9.17) is 4.74 Å².